The molecule has 6 heteroatoms. The predicted molar refractivity (Wildman–Crippen MR) is 93.5 cm³/mol. The van der Waals surface area contributed by atoms with Gasteiger partial charge < -0.3 is 4.74 Å². The number of halogens is 2. The Balaban J connectivity index is 1.89. The summed E-state index contributed by atoms with van der Waals surface area (Å²) >= 11 is 11.8. The summed E-state index contributed by atoms with van der Waals surface area (Å²) in [5.41, 5.74) is 4.97. The zero-order chi connectivity index (χ0) is 16.8. The van der Waals surface area contributed by atoms with E-state index in [9.17, 15) is 4.79 Å². The van der Waals surface area contributed by atoms with E-state index < -0.39 is 0 Å². The molecule has 0 aliphatic rings. The fourth-order valence-corrected chi connectivity index (χ4v) is 2.05. The Labute approximate surface area is 145 Å². The topological polar surface area (TPSA) is 50.7 Å². The summed E-state index contributed by atoms with van der Waals surface area (Å²) in [6, 6.07) is 12.6. The van der Waals surface area contributed by atoms with Gasteiger partial charge in [-0.3, -0.25) is 4.79 Å². The van der Waals surface area contributed by atoms with E-state index in [-0.39, 0.29) is 12.5 Å². The third-order valence-electron chi connectivity index (χ3n) is 3.08. The molecule has 0 fully saturated rings. The van der Waals surface area contributed by atoms with Crippen molar-refractivity contribution in [2.45, 2.75) is 13.8 Å². The molecular weight excluding hydrogens is 335 g/mol. The number of nitrogens with one attached hydrogen (secondary N) is 1. The lowest BCUT2D eigenvalue weighted by molar-refractivity contribution is -0.123. The van der Waals surface area contributed by atoms with Gasteiger partial charge in [0.05, 0.1) is 15.8 Å². The Morgan fingerprint density at radius 2 is 1.83 bits per heavy atom. The molecule has 2 aromatic carbocycles. The van der Waals surface area contributed by atoms with Gasteiger partial charge in [0, 0.05) is 0 Å². The van der Waals surface area contributed by atoms with E-state index in [1.807, 2.05) is 31.2 Å². The molecule has 0 radical (unpaired) electrons. The first-order valence-corrected chi connectivity index (χ1v) is 7.69. The first kappa shape index (κ1) is 17.3. The zero-order valence-electron chi connectivity index (χ0n) is 12.8. The Hall–Kier alpha value is -2.04. The predicted octanol–water partition coefficient (Wildman–Crippen LogP) is 4.22. The number of benzene rings is 2. The molecule has 0 saturated carbocycles. The lowest BCUT2D eigenvalue weighted by Gasteiger charge is -2.06. The minimum Gasteiger partial charge on any atom is -0.484 e. The van der Waals surface area contributed by atoms with Crippen LogP contribution in [0.4, 0.5) is 0 Å². The number of carbonyl (C=O) groups excluding carboxylic acids is 1. The Bertz CT molecular complexity index is 728. The van der Waals surface area contributed by atoms with Gasteiger partial charge in [-0.25, -0.2) is 5.43 Å². The zero-order valence-corrected chi connectivity index (χ0v) is 14.3. The SMILES string of the molecule is C/C(=N/NC(=O)COc1ccc(C)cc1)c1ccc(Cl)c(Cl)c1. The summed E-state index contributed by atoms with van der Waals surface area (Å²) in [4.78, 5) is 11.7. The number of carbonyl (C=O) groups is 1. The van der Waals surface area contributed by atoms with Crippen LogP contribution in [0, 0.1) is 6.92 Å². The van der Waals surface area contributed by atoms with Crippen molar-refractivity contribution in [3.05, 3.63) is 63.6 Å². The number of hydrogen-bond acceptors (Lipinski definition) is 3. The van der Waals surface area contributed by atoms with Gasteiger partial charge in [-0.2, -0.15) is 5.10 Å². The van der Waals surface area contributed by atoms with E-state index in [1.54, 1.807) is 25.1 Å². The van der Waals surface area contributed by atoms with Gasteiger partial charge in [-0.1, -0.05) is 47.0 Å². The first-order chi connectivity index (χ1) is 11.0. The lowest BCUT2D eigenvalue weighted by Crippen LogP contribution is -2.25. The second-order valence-electron chi connectivity index (χ2n) is 4.96. The normalized spacial score (nSPS) is 11.2. The summed E-state index contributed by atoms with van der Waals surface area (Å²) in [5.74, 6) is 0.293. The molecule has 0 unspecified atom stereocenters. The molecule has 0 saturated heterocycles. The second kappa shape index (κ2) is 7.99. The quantitative estimate of drug-likeness (QED) is 0.648. The van der Waals surface area contributed by atoms with E-state index in [1.165, 1.54) is 0 Å². The smallest absolute Gasteiger partial charge is 0.277 e. The van der Waals surface area contributed by atoms with Gasteiger partial charge in [-0.15, -0.1) is 0 Å². The highest BCUT2D eigenvalue weighted by Gasteiger charge is 2.05. The second-order valence-corrected chi connectivity index (χ2v) is 5.78. The molecule has 0 aromatic heterocycles. The highest BCUT2D eigenvalue weighted by atomic mass is 35.5. The molecule has 1 N–H and O–H groups in total. The molecule has 0 bridgehead atoms. The molecular formula is C17H16Cl2N2O2. The van der Waals surface area contributed by atoms with Crippen molar-refractivity contribution < 1.29 is 9.53 Å². The largest absolute Gasteiger partial charge is 0.484 e. The van der Waals surface area contributed by atoms with Crippen LogP contribution in [-0.2, 0) is 4.79 Å². The molecule has 2 rings (SSSR count). The van der Waals surface area contributed by atoms with Crippen LogP contribution in [-0.4, -0.2) is 18.2 Å². The summed E-state index contributed by atoms with van der Waals surface area (Å²) in [5, 5.41) is 4.94. The molecule has 2 aromatic rings. The highest BCUT2D eigenvalue weighted by molar-refractivity contribution is 6.42. The molecule has 0 aliphatic carbocycles. The van der Waals surface area contributed by atoms with Crippen molar-refractivity contribution in [3.8, 4) is 5.75 Å². The van der Waals surface area contributed by atoms with Crippen LogP contribution in [0.15, 0.2) is 47.6 Å². The number of hydrazone groups is 1. The molecule has 23 heavy (non-hydrogen) atoms. The Morgan fingerprint density at radius 1 is 1.13 bits per heavy atom. The van der Waals surface area contributed by atoms with Gasteiger partial charge in [0.2, 0.25) is 0 Å². The van der Waals surface area contributed by atoms with Crippen molar-refractivity contribution in [1.82, 2.24) is 5.43 Å². The van der Waals surface area contributed by atoms with Gasteiger partial charge in [0.25, 0.3) is 5.91 Å². The highest BCUT2D eigenvalue weighted by Crippen LogP contribution is 2.22. The van der Waals surface area contributed by atoms with Crippen LogP contribution in [0.3, 0.4) is 0 Å². The molecule has 1 amide bonds. The maximum atomic E-state index is 11.7. The fraction of sp³-hybridized carbons (Fsp3) is 0.176. The van der Waals surface area contributed by atoms with Crippen molar-refractivity contribution in [3.63, 3.8) is 0 Å². The van der Waals surface area contributed by atoms with Crippen molar-refractivity contribution in [2.24, 2.45) is 5.10 Å². The number of aryl methyl sites for hydroxylation is 1. The van der Waals surface area contributed by atoms with Crippen LogP contribution in [0.25, 0.3) is 0 Å². The van der Waals surface area contributed by atoms with Crippen LogP contribution < -0.4 is 10.2 Å². The van der Waals surface area contributed by atoms with E-state index in [2.05, 4.69) is 10.5 Å². The molecule has 0 atom stereocenters. The molecule has 0 spiro atoms. The minimum atomic E-state index is -0.343. The van der Waals surface area contributed by atoms with Crippen molar-refractivity contribution in [2.75, 3.05) is 6.61 Å². The summed E-state index contributed by atoms with van der Waals surface area (Å²) < 4.78 is 5.38. The van der Waals surface area contributed by atoms with Gasteiger partial charge >= 0.3 is 0 Å². The van der Waals surface area contributed by atoms with Gasteiger partial charge in [0.15, 0.2) is 6.61 Å². The number of hydrogen-bond donors (Lipinski definition) is 1. The molecule has 0 aliphatic heterocycles. The third kappa shape index (κ3) is 5.27. The third-order valence-corrected chi connectivity index (χ3v) is 3.82. The van der Waals surface area contributed by atoms with E-state index in [4.69, 9.17) is 27.9 Å². The average Bonchev–Trinajstić information content (AvgIpc) is 2.54. The lowest BCUT2D eigenvalue weighted by atomic mass is 10.1. The molecule has 120 valence electrons. The van der Waals surface area contributed by atoms with Crippen molar-refractivity contribution >= 4 is 34.8 Å². The van der Waals surface area contributed by atoms with Gasteiger partial charge in [0.1, 0.15) is 5.75 Å². The average molecular weight is 351 g/mol. The first-order valence-electron chi connectivity index (χ1n) is 6.94. The fourth-order valence-electron chi connectivity index (χ4n) is 1.75. The minimum absolute atomic E-state index is 0.110. The Morgan fingerprint density at radius 3 is 2.48 bits per heavy atom. The summed E-state index contributed by atoms with van der Waals surface area (Å²) in [6.07, 6.45) is 0. The molecule has 0 heterocycles. The number of rotatable bonds is 5. The summed E-state index contributed by atoms with van der Waals surface area (Å²) in [6.45, 7) is 3.64. The maximum Gasteiger partial charge on any atom is 0.277 e. The van der Waals surface area contributed by atoms with E-state index >= 15 is 0 Å². The van der Waals surface area contributed by atoms with E-state index in [0.29, 0.717) is 21.5 Å². The Kier molecular flexibility index (Phi) is 6.02. The number of nitrogens with zero attached hydrogens (tertiary/aromatic N) is 1. The van der Waals surface area contributed by atoms with Crippen molar-refractivity contribution in [1.29, 1.82) is 0 Å². The monoisotopic (exact) mass is 350 g/mol. The standard InChI is InChI=1S/C17H16Cl2N2O2/c1-11-3-6-14(7-4-11)23-10-17(22)21-20-12(2)13-5-8-15(18)16(19)9-13/h3-9H,10H2,1-2H3,(H,21,22)/b20-12-. The molecule has 4 nitrogen and oxygen atoms in total. The van der Waals surface area contributed by atoms with Crippen LogP contribution >= 0.6 is 23.2 Å². The van der Waals surface area contributed by atoms with Crippen LogP contribution in [0.1, 0.15) is 18.1 Å². The summed E-state index contributed by atoms with van der Waals surface area (Å²) in [7, 11) is 0. The maximum absolute atomic E-state index is 11.7. The number of ether oxygens (including phenoxy) is 1. The van der Waals surface area contributed by atoms with Crippen LogP contribution in [0.5, 0.6) is 5.75 Å². The van der Waals surface area contributed by atoms with Gasteiger partial charge in [-0.05, 0) is 43.7 Å². The number of amides is 1. The van der Waals surface area contributed by atoms with Crippen LogP contribution in [0.2, 0.25) is 10.0 Å². The van der Waals surface area contributed by atoms with E-state index in [0.717, 1.165) is 11.1 Å².